The van der Waals surface area contributed by atoms with Crippen LogP contribution in [0.25, 0.3) is 0 Å². The van der Waals surface area contributed by atoms with Gasteiger partial charge in [-0.2, -0.15) is 0 Å². The Morgan fingerprint density at radius 2 is 2.18 bits per heavy atom. The third-order valence-electron chi connectivity index (χ3n) is 3.37. The number of hydrogen-bond acceptors (Lipinski definition) is 5. The molecule has 2 aliphatic rings. The van der Waals surface area contributed by atoms with Gasteiger partial charge in [-0.15, -0.1) is 11.3 Å². The Balaban J connectivity index is 1.68. The van der Waals surface area contributed by atoms with Gasteiger partial charge in [-0.1, -0.05) is 0 Å². The molecule has 2 fully saturated rings. The van der Waals surface area contributed by atoms with Crippen LogP contribution >= 0.6 is 11.3 Å². The number of nitrogens with zero attached hydrogens (tertiary/aromatic N) is 1. The summed E-state index contributed by atoms with van der Waals surface area (Å²) in [7, 11) is 0. The molecule has 1 unspecified atom stereocenters. The van der Waals surface area contributed by atoms with Crippen molar-refractivity contribution in [2.75, 3.05) is 32.9 Å². The summed E-state index contributed by atoms with van der Waals surface area (Å²) in [5.41, 5.74) is 1.10. The SMILES string of the molecule is c1sc(C2CCOCC2)nc1C1CNCCO1. The molecular formula is C12H18N2O2S. The number of aromatic nitrogens is 1. The molecule has 3 rings (SSSR count). The van der Waals surface area contributed by atoms with E-state index in [-0.39, 0.29) is 6.10 Å². The molecule has 1 aromatic heterocycles. The van der Waals surface area contributed by atoms with Crippen molar-refractivity contribution >= 4 is 11.3 Å². The zero-order chi connectivity index (χ0) is 11.5. The van der Waals surface area contributed by atoms with Crippen LogP contribution in [0.3, 0.4) is 0 Å². The van der Waals surface area contributed by atoms with E-state index in [1.165, 1.54) is 5.01 Å². The first-order chi connectivity index (χ1) is 8.43. The number of nitrogens with one attached hydrogen (secondary N) is 1. The lowest BCUT2D eigenvalue weighted by Crippen LogP contribution is -2.33. The Kier molecular flexibility index (Phi) is 3.71. The van der Waals surface area contributed by atoms with Gasteiger partial charge < -0.3 is 14.8 Å². The van der Waals surface area contributed by atoms with Gasteiger partial charge >= 0.3 is 0 Å². The molecule has 2 aliphatic heterocycles. The van der Waals surface area contributed by atoms with Crippen molar-refractivity contribution in [3.63, 3.8) is 0 Å². The van der Waals surface area contributed by atoms with Gasteiger partial charge in [0, 0.05) is 37.6 Å². The van der Waals surface area contributed by atoms with Gasteiger partial charge in [0.15, 0.2) is 0 Å². The predicted molar refractivity (Wildman–Crippen MR) is 66.5 cm³/mol. The monoisotopic (exact) mass is 254 g/mol. The van der Waals surface area contributed by atoms with Crippen molar-refractivity contribution in [1.29, 1.82) is 0 Å². The van der Waals surface area contributed by atoms with Gasteiger partial charge in [0.2, 0.25) is 0 Å². The summed E-state index contributed by atoms with van der Waals surface area (Å²) in [5, 5.41) is 6.76. The van der Waals surface area contributed by atoms with Crippen molar-refractivity contribution < 1.29 is 9.47 Å². The van der Waals surface area contributed by atoms with E-state index in [1.54, 1.807) is 11.3 Å². The smallest absolute Gasteiger partial charge is 0.113 e. The summed E-state index contributed by atoms with van der Waals surface area (Å²) in [4.78, 5) is 4.76. The molecule has 1 N–H and O–H groups in total. The summed E-state index contributed by atoms with van der Waals surface area (Å²) in [6.45, 7) is 4.38. The number of ether oxygens (including phenoxy) is 2. The van der Waals surface area contributed by atoms with E-state index >= 15 is 0 Å². The van der Waals surface area contributed by atoms with E-state index in [0.29, 0.717) is 5.92 Å². The number of hydrogen-bond donors (Lipinski definition) is 1. The Hall–Kier alpha value is -0.490. The van der Waals surface area contributed by atoms with E-state index in [2.05, 4.69) is 10.7 Å². The number of thiazole rings is 1. The molecule has 4 nitrogen and oxygen atoms in total. The molecule has 94 valence electrons. The first-order valence-corrected chi connectivity index (χ1v) is 7.17. The Bertz CT molecular complexity index is 325. The fourth-order valence-electron chi connectivity index (χ4n) is 2.34. The van der Waals surface area contributed by atoms with Gasteiger partial charge in [0.1, 0.15) is 6.10 Å². The summed E-state index contributed by atoms with van der Waals surface area (Å²) >= 11 is 1.78. The zero-order valence-electron chi connectivity index (χ0n) is 9.85. The molecule has 0 aromatic carbocycles. The van der Waals surface area contributed by atoms with Gasteiger partial charge in [-0.3, -0.25) is 0 Å². The summed E-state index contributed by atoms with van der Waals surface area (Å²) in [6.07, 6.45) is 2.36. The second-order valence-electron chi connectivity index (χ2n) is 4.56. The van der Waals surface area contributed by atoms with Gasteiger partial charge in [-0.25, -0.2) is 4.98 Å². The Morgan fingerprint density at radius 1 is 1.29 bits per heavy atom. The summed E-state index contributed by atoms with van der Waals surface area (Å²) in [5.74, 6) is 0.596. The van der Waals surface area contributed by atoms with E-state index < -0.39 is 0 Å². The van der Waals surface area contributed by atoms with Gasteiger partial charge in [-0.05, 0) is 12.8 Å². The van der Waals surface area contributed by atoms with Crippen molar-refractivity contribution in [3.8, 4) is 0 Å². The van der Waals surface area contributed by atoms with Crippen LogP contribution in [0.5, 0.6) is 0 Å². The molecule has 5 heteroatoms. The second kappa shape index (κ2) is 5.44. The third-order valence-corrected chi connectivity index (χ3v) is 4.39. The first kappa shape index (κ1) is 11.6. The minimum Gasteiger partial charge on any atom is -0.381 e. The van der Waals surface area contributed by atoms with Crippen LogP contribution in [-0.2, 0) is 9.47 Å². The van der Waals surface area contributed by atoms with Crippen molar-refractivity contribution in [3.05, 3.63) is 16.1 Å². The number of rotatable bonds is 2. The summed E-state index contributed by atoms with van der Waals surface area (Å²) < 4.78 is 11.1. The van der Waals surface area contributed by atoms with Gasteiger partial charge in [0.05, 0.1) is 17.3 Å². The molecule has 0 saturated carbocycles. The van der Waals surface area contributed by atoms with Crippen LogP contribution in [0.15, 0.2) is 5.38 Å². The largest absolute Gasteiger partial charge is 0.381 e. The molecular weight excluding hydrogens is 236 g/mol. The lowest BCUT2D eigenvalue weighted by atomic mass is 10.0. The summed E-state index contributed by atoms with van der Waals surface area (Å²) in [6, 6.07) is 0. The molecule has 17 heavy (non-hydrogen) atoms. The molecule has 0 bridgehead atoms. The highest BCUT2D eigenvalue weighted by molar-refractivity contribution is 7.09. The molecule has 3 heterocycles. The average molecular weight is 254 g/mol. The van der Waals surface area contributed by atoms with Gasteiger partial charge in [0.25, 0.3) is 0 Å². The van der Waals surface area contributed by atoms with Crippen LogP contribution in [0, 0.1) is 0 Å². The van der Waals surface area contributed by atoms with Crippen molar-refractivity contribution in [2.45, 2.75) is 24.9 Å². The minimum absolute atomic E-state index is 0.147. The fraction of sp³-hybridized carbons (Fsp3) is 0.750. The second-order valence-corrected chi connectivity index (χ2v) is 5.45. The molecule has 0 aliphatic carbocycles. The first-order valence-electron chi connectivity index (χ1n) is 6.29. The standard InChI is InChI=1S/C12H18N2O2S/c1-4-15-5-2-9(1)12-14-10(8-17-12)11-7-13-3-6-16-11/h8-9,11,13H,1-7H2. The Labute approximate surface area is 105 Å². The highest BCUT2D eigenvalue weighted by atomic mass is 32.1. The molecule has 0 amide bonds. The van der Waals surface area contributed by atoms with Crippen LogP contribution < -0.4 is 5.32 Å². The maximum absolute atomic E-state index is 5.72. The quantitative estimate of drug-likeness (QED) is 0.872. The lowest BCUT2D eigenvalue weighted by molar-refractivity contribution is 0.0252. The topological polar surface area (TPSA) is 43.4 Å². The van der Waals surface area contributed by atoms with E-state index in [4.69, 9.17) is 14.5 Å². The van der Waals surface area contributed by atoms with E-state index in [1.807, 2.05) is 0 Å². The van der Waals surface area contributed by atoms with Crippen LogP contribution in [-0.4, -0.2) is 37.9 Å². The molecule has 1 aromatic rings. The fourth-order valence-corrected chi connectivity index (χ4v) is 3.37. The molecule has 2 saturated heterocycles. The van der Waals surface area contributed by atoms with Crippen molar-refractivity contribution in [1.82, 2.24) is 10.3 Å². The third kappa shape index (κ3) is 2.68. The Morgan fingerprint density at radius 3 is 2.94 bits per heavy atom. The zero-order valence-corrected chi connectivity index (χ0v) is 10.7. The molecule has 0 radical (unpaired) electrons. The van der Waals surface area contributed by atoms with Crippen LogP contribution in [0.1, 0.15) is 35.6 Å². The molecule has 0 spiro atoms. The van der Waals surface area contributed by atoms with Crippen molar-refractivity contribution in [2.24, 2.45) is 0 Å². The van der Waals surface area contributed by atoms with Crippen LogP contribution in [0.2, 0.25) is 0 Å². The maximum Gasteiger partial charge on any atom is 0.113 e. The number of morpholine rings is 1. The maximum atomic E-state index is 5.72. The van der Waals surface area contributed by atoms with E-state index in [9.17, 15) is 0 Å². The minimum atomic E-state index is 0.147. The normalized spacial score (nSPS) is 27.2. The predicted octanol–water partition coefficient (Wildman–Crippen LogP) is 1.70. The highest BCUT2D eigenvalue weighted by Gasteiger charge is 2.23. The van der Waals surface area contributed by atoms with E-state index in [0.717, 1.165) is 51.4 Å². The highest BCUT2D eigenvalue weighted by Crippen LogP contribution is 2.31. The molecule has 1 atom stereocenters. The van der Waals surface area contributed by atoms with Crippen LogP contribution in [0.4, 0.5) is 0 Å². The lowest BCUT2D eigenvalue weighted by Gasteiger charge is -2.22. The average Bonchev–Trinajstić information content (AvgIpc) is 2.90.